The zero-order chi connectivity index (χ0) is 18.9. The van der Waals surface area contributed by atoms with Crippen molar-refractivity contribution in [2.75, 3.05) is 13.7 Å². The van der Waals surface area contributed by atoms with Gasteiger partial charge in [-0.25, -0.2) is 4.99 Å². The minimum absolute atomic E-state index is 0.509. The lowest BCUT2D eigenvalue weighted by atomic mass is 10.2. The first kappa shape index (κ1) is 19.2. The Hall–Kier alpha value is -2.57. The Morgan fingerprint density at radius 1 is 1.30 bits per heavy atom. The molecule has 0 spiro atoms. The number of nitrogens with zero attached hydrogens (tertiary/aromatic N) is 4. The molecule has 2 aromatic rings. The van der Waals surface area contributed by atoms with Gasteiger partial charge in [-0.05, 0) is 18.9 Å². The molecular weight excluding hydrogens is 340 g/mol. The number of benzene rings is 1. The van der Waals surface area contributed by atoms with Crippen LogP contribution >= 0.6 is 0 Å². The van der Waals surface area contributed by atoms with Crippen LogP contribution in [0.5, 0.6) is 5.75 Å². The molecule has 0 aliphatic heterocycles. The number of rotatable bonds is 8. The van der Waals surface area contributed by atoms with Crippen molar-refractivity contribution in [3.05, 3.63) is 42.0 Å². The lowest BCUT2D eigenvalue weighted by molar-refractivity contribution is 0.410. The predicted octanol–water partition coefficient (Wildman–Crippen LogP) is 2.53. The fourth-order valence-electron chi connectivity index (χ4n) is 3.45. The summed E-state index contributed by atoms with van der Waals surface area (Å²) in [6.07, 6.45) is 7.67. The van der Waals surface area contributed by atoms with Gasteiger partial charge in [-0.3, -0.25) is 0 Å². The second-order valence-corrected chi connectivity index (χ2v) is 6.82. The third-order valence-electron chi connectivity index (χ3n) is 4.95. The highest BCUT2D eigenvalue weighted by Crippen LogP contribution is 2.19. The number of aryl methyl sites for hydroxylation is 1. The van der Waals surface area contributed by atoms with E-state index in [1.54, 1.807) is 13.4 Å². The van der Waals surface area contributed by atoms with Gasteiger partial charge in [0.15, 0.2) is 5.96 Å². The van der Waals surface area contributed by atoms with E-state index in [0.717, 1.165) is 42.6 Å². The van der Waals surface area contributed by atoms with Gasteiger partial charge in [0, 0.05) is 31.1 Å². The van der Waals surface area contributed by atoms with Gasteiger partial charge >= 0.3 is 0 Å². The summed E-state index contributed by atoms with van der Waals surface area (Å²) in [5.41, 5.74) is 1.08. The Balaban J connectivity index is 1.62. The third kappa shape index (κ3) is 5.45. The van der Waals surface area contributed by atoms with E-state index in [1.165, 1.54) is 25.7 Å². The predicted molar refractivity (Wildman–Crippen MR) is 107 cm³/mol. The van der Waals surface area contributed by atoms with Gasteiger partial charge in [0.25, 0.3) is 0 Å². The van der Waals surface area contributed by atoms with Gasteiger partial charge < -0.3 is 19.9 Å². The Bertz CT molecular complexity index is 736. The van der Waals surface area contributed by atoms with Crippen molar-refractivity contribution in [1.82, 2.24) is 25.4 Å². The highest BCUT2D eigenvalue weighted by Gasteiger charge is 2.16. The normalized spacial score (nSPS) is 15.1. The number of hydrogen-bond acceptors (Lipinski definition) is 4. The number of hydrogen-bond donors (Lipinski definition) is 2. The Labute approximate surface area is 161 Å². The third-order valence-corrected chi connectivity index (χ3v) is 4.95. The van der Waals surface area contributed by atoms with Crippen LogP contribution in [0.15, 0.2) is 35.6 Å². The molecule has 0 unspecified atom stereocenters. The maximum atomic E-state index is 5.44. The highest BCUT2D eigenvalue weighted by molar-refractivity contribution is 5.80. The molecule has 3 rings (SSSR count). The van der Waals surface area contributed by atoms with Crippen LogP contribution in [0.1, 0.15) is 44.0 Å². The Morgan fingerprint density at radius 3 is 2.89 bits per heavy atom. The minimum Gasteiger partial charge on any atom is -0.496 e. The lowest BCUT2D eigenvalue weighted by Crippen LogP contribution is -2.43. The molecule has 0 atom stereocenters. The molecule has 0 bridgehead atoms. The molecule has 7 nitrogen and oxygen atoms in total. The molecule has 1 aromatic heterocycles. The van der Waals surface area contributed by atoms with Crippen LogP contribution in [-0.4, -0.2) is 40.4 Å². The van der Waals surface area contributed by atoms with Crippen LogP contribution in [0.25, 0.3) is 0 Å². The molecule has 27 heavy (non-hydrogen) atoms. The fraction of sp³-hybridized carbons (Fsp3) is 0.550. The van der Waals surface area contributed by atoms with E-state index in [4.69, 9.17) is 9.73 Å². The van der Waals surface area contributed by atoms with Crippen molar-refractivity contribution in [2.45, 2.75) is 58.2 Å². The molecule has 2 N–H and O–H groups in total. The van der Waals surface area contributed by atoms with E-state index in [2.05, 4.69) is 38.4 Å². The van der Waals surface area contributed by atoms with E-state index < -0.39 is 0 Å². The smallest absolute Gasteiger partial charge is 0.191 e. The summed E-state index contributed by atoms with van der Waals surface area (Å²) in [6, 6.07) is 8.53. The summed E-state index contributed by atoms with van der Waals surface area (Å²) in [7, 11) is 1.70. The van der Waals surface area contributed by atoms with Gasteiger partial charge in [0.2, 0.25) is 0 Å². The van der Waals surface area contributed by atoms with Crippen LogP contribution in [0, 0.1) is 0 Å². The second-order valence-electron chi connectivity index (χ2n) is 6.82. The average Bonchev–Trinajstić information content (AvgIpc) is 3.37. The molecular formula is C20H30N6O. The molecule has 1 heterocycles. The molecule has 1 saturated carbocycles. The number of methoxy groups -OCH3 is 1. The van der Waals surface area contributed by atoms with Crippen molar-refractivity contribution in [3.8, 4) is 5.75 Å². The molecule has 0 amide bonds. The van der Waals surface area contributed by atoms with Crippen molar-refractivity contribution in [3.63, 3.8) is 0 Å². The molecule has 0 radical (unpaired) electrons. The van der Waals surface area contributed by atoms with E-state index in [1.807, 2.05) is 18.2 Å². The topological polar surface area (TPSA) is 76.4 Å². The fourth-order valence-corrected chi connectivity index (χ4v) is 3.45. The summed E-state index contributed by atoms with van der Waals surface area (Å²) in [6.45, 7) is 4.26. The first-order chi connectivity index (χ1) is 13.3. The zero-order valence-corrected chi connectivity index (χ0v) is 16.3. The number of ether oxygens (including phenoxy) is 1. The highest BCUT2D eigenvalue weighted by atomic mass is 16.5. The monoisotopic (exact) mass is 370 g/mol. The number of para-hydroxylation sites is 1. The van der Waals surface area contributed by atoms with Gasteiger partial charge in [-0.2, -0.15) is 0 Å². The molecule has 1 fully saturated rings. The van der Waals surface area contributed by atoms with Gasteiger partial charge in [0.05, 0.1) is 13.7 Å². The number of nitrogens with one attached hydrogen (secondary N) is 2. The quantitative estimate of drug-likeness (QED) is 0.552. The SMILES string of the molecule is CCc1nncn1CCNC(=NCc1ccccc1OC)NC1CCCC1. The minimum atomic E-state index is 0.509. The molecule has 7 heteroatoms. The standard InChI is InChI=1S/C20H30N6O/c1-3-19-25-23-15-26(19)13-12-21-20(24-17-9-5-6-10-17)22-14-16-8-4-7-11-18(16)27-2/h4,7-8,11,15,17H,3,5-6,9-10,12-14H2,1-2H3,(H2,21,22,24). The lowest BCUT2D eigenvalue weighted by Gasteiger charge is -2.18. The number of guanidine groups is 1. The molecule has 1 aromatic carbocycles. The second kappa shape index (κ2) is 9.94. The van der Waals surface area contributed by atoms with Crippen LogP contribution in [-0.2, 0) is 19.5 Å². The summed E-state index contributed by atoms with van der Waals surface area (Å²) in [5, 5.41) is 15.2. The van der Waals surface area contributed by atoms with E-state index in [9.17, 15) is 0 Å². The maximum absolute atomic E-state index is 5.44. The first-order valence-corrected chi connectivity index (χ1v) is 9.83. The number of aliphatic imine (C=N–C) groups is 1. The van der Waals surface area contributed by atoms with Gasteiger partial charge in [-0.1, -0.05) is 38.0 Å². The van der Waals surface area contributed by atoms with E-state index in [-0.39, 0.29) is 0 Å². The van der Waals surface area contributed by atoms with Crippen LogP contribution in [0.3, 0.4) is 0 Å². The molecule has 1 aliphatic carbocycles. The summed E-state index contributed by atoms with van der Waals surface area (Å²) in [5.74, 6) is 2.74. The summed E-state index contributed by atoms with van der Waals surface area (Å²) >= 11 is 0. The molecule has 1 aliphatic rings. The maximum Gasteiger partial charge on any atom is 0.191 e. The summed E-state index contributed by atoms with van der Waals surface area (Å²) in [4.78, 5) is 4.80. The van der Waals surface area contributed by atoms with Crippen molar-refractivity contribution in [2.24, 2.45) is 4.99 Å². The molecule has 0 saturated heterocycles. The van der Waals surface area contributed by atoms with Crippen molar-refractivity contribution < 1.29 is 4.74 Å². The largest absolute Gasteiger partial charge is 0.496 e. The van der Waals surface area contributed by atoms with Crippen molar-refractivity contribution >= 4 is 5.96 Å². The van der Waals surface area contributed by atoms with Crippen molar-refractivity contribution in [1.29, 1.82) is 0 Å². The molecule has 146 valence electrons. The average molecular weight is 371 g/mol. The van der Waals surface area contributed by atoms with E-state index >= 15 is 0 Å². The first-order valence-electron chi connectivity index (χ1n) is 9.83. The van der Waals surface area contributed by atoms with Gasteiger partial charge in [0.1, 0.15) is 17.9 Å². The summed E-state index contributed by atoms with van der Waals surface area (Å²) < 4.78 is 7.52. The zero-order valence-electron chi connectivity index (χ0n) is 16.3. The number of aromatic nitrogens is 3. The van der Waals surface area contributed by atoms with Crippen LogP contribution < -0.4 is 15.4 Å². The Morgan fingerprint density at radius 2 is 2.11 bits per heavy atom. The van der Waals surface area contributed by atoms with Crippen LogP contribution in [0.2, 0.25) is 0 Å². The Kier molecular flexibility index (Phi) is 7.07. The van der Waals surface area contributed by atoms with E-state index in [0.29, 0.717) is 12.6 Å². The van der Waals surface area contributed by atoms with Gasteiger partial charge in [-0.15, -0.1) is 10.2 Å². The van der Waals surface area contributed by atoms with Crippen LogP contribution in [0.4, 0.5) is 0 Å².